The van der Waals surface area contributed by atoms with Crippen molar-refractivity contribution in [1.82, 2.24) is 14.5 Å². The molecule has 4 nitrogen and oxygen atoms in total. The summed E-state index contributed by atoms with van der Waals surface area (Å²) in [5.41, 5.74) is 0. The molecule has 0 spiro atoms. The van der Waals surface area contributed by atoms with Crippen LogP contribution >= 0.6 is 0 Å². The minimum atomic E-state index is 0.658. The average Bonchev–Trinajstić information content (AvgIpc) is 3.08. The molecular formula is C15H25N3O. The third-order valence-corrected chi connectivity index (χ3v) is 4.69. The van der Waals surface area contributed by atoms with Crippen molar-refractivity contribution in [2.75, 3.05) is 32.8 Å². The van der Waals surface area contributed by atoms with Crippen LogP contribution in [0.25, 0.3) is 0 Å². The largest absolute Gasteiger partial charge is 0.381 e. The first kappa shape index (κ1) is 13.1. The maximum absolute atomic E-state index is 5.45. The van der Waals surface area contributed by atoms with Crippen LogP contribution in [0.5, 0.6) is 0 Å². The van der Waals surface area contributed by atoms with Crippen LogP contribution in [0.15, 0.2) is 12.4 Å². The van der Waals surface area contributed by atoms with Crippen molar-refractivity contribution in [2.45, 2.75) is 31.6 Å². The van der Waals surface area contributed by atoms with Crippen LogP contribution in [-0.4, -0.2) is 47.3 Å². The molecule has 0 aliphatic carbocycles. The maximum Gasteiger partial charge on any atom is 0.111 e. The molecule has 2 fully saturated rings. The number of likely N-dealkylation sites (tertiary alicyclic amines) is 1. The Morgan fingerprint density at radius 3 is 2.79 bits per heavy atom. The number of aromatic nitrogens is 2. The van der Waals surface area contributed by atoms with E-state index in [0.29, 0.717) is 5.92 Å². The van der Waals surface area contributed by atoms with Gasteiger partial charge in [-0.3, -0.25) is 0 Å². The predicted molar refractivity (Wildman–Crippen MR) is 75.2 cm³/mol. The minimum absolute atomic E-state index is 0.658. The van der Waals surface area contributed by atoms with Crippen LogP contribution in [0, 0.1) is 5.92 Å². The molecule has 2 aliphatic rings. The van der Waals surface area contributed by atoms with Crippen molar-refractivity contribution in [3.05, 3.63) is 18.2 Å². The van der Waals surface area contributed by atoms with E-state index in [4.69, 9.17) is 4.74 Å². The van der Waals surface area contributed by atoms with E-state index in [1.54, 1.807) is 0 Å². The quantitative estimate of drug-likeness (QED) is 0.832. The lowest BCUT2D eigenvalue weighted by Crippen LogP contribution is -2.35. The predicted octanol–water partition coefficient (Wildman–Crippen LogP) is 2.03. The Bertz CT molecular complexity index is 390. The summed E-state index contributed by atoms with van der Waals surface area (Å²) < 4.78 is 7.62. The van der Waals surface area contributed by atoms with Crippen LogP contribution in [0.2, 0.25) is 0 Å². The Kier molecular flexibility index (Phi) is 4.18. The summed E-state index contributed by atoms with van der Waals surface area (Å²) in [6, 6.07) is 0. The van der Waals surface area contributed by atoms with Gasteiger partial charge >= 0.3 is 0 Å². The van der Waals surface area contributed by atoms with E-state index in [9.17, 15) is 0 Å². The molecule has 2 aliphatic heterocycles. The topological polar surface area (TPSA) is 30.3 Å². The summed E-state index contributed by atoms with van der Waals surface area (Å²) in [4.78, 5) is 7.12. The van der Waals surface area contributed by atoms with Crippen molar-refractivity contribution in [3.8, 4) is 0 Å². The number of imidazole rings is 1. The fourth-order valence-electron chi connectivity index (χ4n) is 3.36. The maximum atomic E-state index is 5.45. The zero-order valence-corrected chi connectivity index (χ0v) is 11.9. The van der Waals surface area contributed by atoms with Gasteiger partial charge in [-0.15, -0.1) is 0 Å². The molecule has 3 heterocycles. The standard InChI is InChI=1S/C15H25N3O/c1-17-10-6-16-15(17)14-3-8-18(9-4-14)7-2-13-5-11-19-12-13/h6,10,13-14H,2-5,7-9,11-12H2,1H3/t13-/m1/s1. The number of hydrogen-bond acceptors (Lipinski definition) is 3. The molecule has 0 saturated carbocycles. The molecule has 2 saturated heterocycles. The Labute approximate surface area is 115 Å². The lowest BCUT2D eigenvalue weighted by molar-refractivity contribution is 0.168. The van der Waals surface area contributed by atoms with Gasteiger partial charge in [-0.1, -0.05) is 0 Å². The normalized spacial score (nSPS) is 26.1. The Balaban J connectivity index is 1.43. The Morgan fingerprint density at radius 2 is 2.16 bits per heavy atom. The van der Waals surface area contributed by atoms with Gasteiger partial charge < -0.3 is 14.2 Å². The van der Waals surface area contributed by atoms with Crippen LogP contribution in [0.1, 0.15) is 37.4 Å². The molecule has 1 atom stereocenters. The Hall–Kier alpha value is -0.870. The van der Waals surface area contributed by atoms with Crippen molar-refractivity contribution in [2.24, 2.45) is 13.0 Å². The van der Waals surface area contributed by atoms with Gasteiger partial charge in [0, 0.05) is 38.6 Å². The molecule has 3 rings (SSSR count). The highest BCUT2D eigenvalue weighted by Crippen LogP contribution is 2.27. The van der Waals surface area contributed by atoms with Crippen LogP contribution in [0.4, 0.5) is 0 Å². The van der Waals surface area contributed by atoms with Crippen LogP contribution in [0.3, 0.4) is 0 Å². The number of nitrogens with zero attached hydrogens (tertiary/aromatic N) is 3. The molecule has 106 valence electrons. The molecule has 0 amide bonds. The summed E-state index contributed by atoms with van der Waals surface area (Å²) in [5, 5.41) is 0. The third kappa shape index (κ3) is 3.18. The minimum Gasteiger partial charge on any atom is -0.381 e. The molecule has 0 unspecified atom stereocenters. The second kappa shape index (κ2) is 6.06. The lowest BCUT2D eigenvalue weighted by atomic mass is 9.95. The molecule has 0 radical (unpaired) electrons. The second-order valence-corrected chi connectivity index (χ2v) is 6.03. The summed E-state index contributed by atoms with van der Waals surface area (Å²) in [6.07, 6.45) is 9.07. The number of piperidine rings is 1. The molecule has 4 heteroatoms. The van der Waals surface area contributed by atoms with Gasteiger partial charge in [0.05, 0.1) is 0 Å². The molecule has 1 aromatic rings. The van der Waals surface area contributed by atoms with E-state index < -0.39 is 0 Å². The average molecular weight is 263 g/mol. The van der Waals surface area contributed by atoms with Gasteiger partial charge in [-0.2, -0.15) is 0 Å². The molecule has 0 aromatic carbocycles. The fraction of sp³-hybridized carbons (Fsp3) is 0.800. The summed E-state index contributed by atoms with van der Waals surface area (Å²) in [5.74, 6) is 2.74. The second-order valence-electron chi connectivity index (χ2n) is 6.03. The first-order valence-electron chi connectivity index (χ1n) is 7.60. The first-order chi connectivity index (χ1) is 9.33. The molecule has 19 heavy (non-hydrogen) atoms. The van der Waals surface area contributed by atoms with Crippen LogP contribution in [-0.2, 0) is 11.8 Å². The highest BCUT2D eigenvalue weighted by atomic mass is 16.5. The number of ether oxygens (including phenoxy) is 1. The van der Waals surface area contributed by atoms with Crippen molar-refractivity contribution in [1.29, 1.82) is 0 Å². The molecule has 0 bridgehead atoms. The van der Waals surface area contributed by atoms with Crippen molar-refractivity contribution in [3.63, 3.8) is 0 Å². The van der Waals surface area contributed by atoms with Gasteiger partial charge in [0.25, 0.3) is 0 Å². The number of hydrogen-bond donors (Lipinski definition) is 0. The van der Waals surface area contributed by atoms with Gasteiger partial charge in [-0.25, -0.2) is 4.98 Å². The summed E-state index contributed by atoms with van der Waals surface area (Å²) in [6.45, 7) is 5.67. The Morgan fingerprint density at radius 1 is 1.32 bits per heavy atom. The van der Waals surface area contributed by atoms with E-state index >= 15 is 0 Å². The van der Waals surface area contributed by atoms with E-state index in [-0.39, 0.29) is 0 Å². The summed E-state index contributed by atoms with van der Waals surface area (Å²) >= 11 is 0. The highest BCUT2D eigenvalue weighted by molar-refractivity contribution is 5.01. The van der Waals surface area contributed by atoms with Gasteiger partial charge in [0.1, 0.15) is 5.82 Å². The molecule has 0 N–H and O–H groups in total. The van der Waals surface area contributed by atoms with E-state index in [2.05, 4.69) is 27.7 Å². The van der Waals surface area contributed by atoms with Gasteiger partial charge in [-0.05, 0) is 51.2 Å². The molecule has 1 aromatic heterocycles. The van der Waals surface area contributed by atoms with Crippen LogP contribution < -0.4 is 0 Å². The van der Waals surface area contributed by atoms with Crippen molar-refractivity contribution < 1.29 is 4.74 Å². The van der Waals surface area contributed by atoms with Gasteiger partial charge in [0.2, 0.25) is 0 Å². The smallest absolute Gasteiger partial charge is 0.111 e. The number of aryl methyl sites for hydroxylation is 1. The zero-order chi connectivity index (χ0) is 13.1. The molecular weight excluding hydrogens is 238 g/mol. The number of rotatable bonds is 4. The highest BCUT2D eigenvalue weighted by Gasteiger charge is 2.24. The lowest BCUT2D eigenvalue weighted by Gasteiger charge is -2.32. The SMILES string of the molecule is Cn1ccnc1C1CCN(CC[C@@H]2CCOC2)CC1. The third-order valence-electron chi connectivity index (χ3n) is 4.69. The first-order valence-corrected chi connectivity index (χ1v) is 7.60. The van der Waals surface area contributed by atoms with Crippen molar-refractivity contribution >= 4 is 0 Å². The van der Waals surface area contributed by atoms with Gasteiger partial charge in [0.15, 0.2) is 0 Å². The van der Waals surface area contributed by atoms with E-state index in [0.717, 1.165) is 19.1 Å². The zero-order valence-electron chi connectivity index (χ0n) is 11.9. The monoisotopic (exact) mass is 263 g/mol. The summed E-state index contributed by atoms with van der Waals surface area (Å²) in [7, 11) is 2.11. The fourth-order valence-corrected chi connectivity index (χ4v) is 3.36. The van der Waals surface area contributed by atoms with E-state index in [1.165, 1.54) is 51.1 Å². The van der Waals surface area contributed by atoms with E-state index in [1.807, 2.05) is 6.20 Å².